The van der Waals surface area contributed by atoms with E-state index in [2.05, 4.69) is 25.5 Å². The predicted molar refractivity (Wildman–Crippen MR) is 62.4 cm³/mol. The Kier molecular flexibility index (Phi) is 3.29. The maximum absolute atomic E-state index is 5.66. The fraction of sp³-hybridized carbons (Fsp3) is 0.200. The number of nitrogen functional groups attached to an aromatic ring is 1. The average Bonchev–Trinajstić information content (AvgIpc) is 2.37. The molecular weight excluding hydrogens is 220 g/mol. The van der Waals surface area contributed by atoms with Crippen LogP contribution in [0.5, 0.6) is 5.75 Å². The number of nitrogens with two attached hydrogens (primary N) is 1. The lowest BCUT2D eigenvalue weighted by Crippen LogP contribution is -2.07. The van der Waals surface area contributed by atoms with Crippen LogP contribution in [0, 0.1) is 0 Å². The van der Waals surface area contributed by atoms with E-state index in [1.807, 2.05) is 12.1 Å². The second-order valence-corrected chi connectivity index (χ2v) is 3.21. The van der Waals surface area contributed by atoms with Crippen molar-refractivity contribution in [1.29, 1.82) is 0 Å². The molecule has 0 saturated heterocycles. The molecule has 2 aromatic heterocycles. The van der Waals surface area contributed by atoms with Gasteiger partial charge in [0, 0.05) is 6.20 Å². The van der Waals surface area contributed by atoms with Crippen LogP contribution in [0.3, 0.4) is 0 Å². The van der Waals surface area contributed by atoms with Gasteiger partial charge in [-0.3, -0.25) is 0 Å². The minimum Gasteiger partial charge on any atom is -0.490 e. The molecule has 2 heterocycles. The molecule has 7 heteroatoms. The van der Waals surface area contributed by atoms with Crippen molar-refractivity contribution in [2.45, 2.75) is 6.54 Å². The minimum atomic E-state index is 0.296. The summed E-state index contributed by atoms with van der Waals surface area (Å²) in [5, 5.41) is 10.8. The zero-order valence-corrected chi connectivity index (χ0v) is 9.29. The van der Waals surface area contributed by atoms with Gasteiger partial charge >= 0.3 is 0 Å². The number of nitrogens with one attached hydrogen (secondary N) is 1. The largest absolute Gasteiger partial charge is 0.490 e. The summed E-state index contributed by atoms with van der Waals surface area (Å²) in [6.07, 6.45) is 2.99. The van der Waals surface area contributed by atoms with Crippen molar-refractivity contribution in [3.8, 4) is 5.75 Å². The first kappa shape index (κ1) is 11.1. The molecule has 0 spiro atoms. The Balaban J connectivity index is 2.12. The Bertz CT molecular complexity index is 489. The summed E-state index contributed by atoms with van der Waals surface area (Å²) in [7, 11) is 1.52. The molecule has 2 rings (SSSR count). The molecule has 0 aliphatic carbocycles. The van der Waals surface area contributed by atoms with Crippen molar-refractivity contribution < 1.29 is 4.74 Å². The van der Waals surface area contributed by atoms with Gasteiger partial charge in [0.25, 0.3) is 0 Å². The van der Waals surface area contributed by atoms with Gasteiger partial charge in [0.1, 0.15) is 6.33 Å². The first-order valence-corrected chi connectivity index (χ1v) is 4.96. The van der Waals surface area contributed by atoms with E-state index in [1.54, 1.807) is 6.20 Å². The Hall–Kier alpha value is -2.44. The number of hydrogen-bond donors (Lipinski definition) is 2. The average molecular weight is 232 g/mol. The first-order chi connectivity index (χ1) is 8.31. The number of nitrogens with zero attached hydrogens (tertiary/aromatic N) is 4. The molecule has 2 aromatic rings. The lowest BCUT2D eigenvalue weighted by molar-refractivity contribution is 0.415. The van der Waals surface area contributed by atoms with Gasteiger partial charge in [0.05, 0.1) is 19.3 Å². The molecule has 0 bridgehead atoms. The number of ether oxygens (including phenoxy) is 1. The van der Waals surface area contributed by atoms with Crippen LogP contribution in [-0.4, -0.2) is 27.3 Å². The number of anilines is 2. The Morgan fingerprint density at radius 3 is 3.00 bits per heavy atom. The lowest BCUT2D eigenvalue weighted by atomic mass is 10.4. The zero-order valence-electron chi connectivity index (χ0n) is 9.29. The molecule has 7 nitrogen and oxygen atoms in total. The van der Waals surface area contributed by atoms with Crippen LogP contribution in [0.2, 0.25) is 0 Å². The van der Waals surface area contributed by atoms with Gasteiger partial charge in [-0.2, -0.15) is 10.2 Å². The van der Waals surface area contributed by atoms with Crippen LogP contribution in [0.25, 0.3) is 0 Å². The molecule has 0 fully saturated rings. The quantitative estimate of drug-likeness (QED) is 0.790. The minimum absolute atomic E-state index is 0.296. The van der Waals surface area contributed by atoms with Gasteiger partial charge < -0.3 is 15.8 Å². The molecule has 3 N–H and O–H groups in total. The van der Waals surface area contributed by atoms with Crippen molar-refractivity contribution in [2.75, 3.05) is 18.2 Å². The zero-order chi connectivity index (χ0) is 12.1. The Labute approximate surface area is 98.1 Å². The fourth-order valence-electron chi connectivity index (χ4n) is 1.32. The van der Waals surface area contributed by atoms with Crippen molar-refractivity contribution in [2.24, 2.45) is 0 Å². The predicted octanol–water partition coefficient (Wildman–Crippen LogP) is 0.470. The van der Waals surface area contributed by atoms with Gasteiger partial charge in [0.2, 0.25) is 5.75 Å². The Morgan fingerprint density at radius 2 is 2.29 bits per heavy atom. The first-order valence-electron chi connectivity index (χ1n) is 4.96. The molecule has 0 saturated carbocycles. The van der Waals surface area contributed by atoms with E-state index in [1.165, 1.54) is 13.4 Å². The summed E-state index contributed by atoms with van der Waals surface area (Å²) in [5.74, 6) is 1.26. The third-order valence-electron chi connectivity index (χ3n) is 2.10. The molecule has 0 amide bonds. The number of methoxy groups -OCH3 is 1. The van der Waals surface area contributed by atoms with Crippen molar-refractivity contribution in [1.82, 2.24) is 20.2 Å². The third-order valence-corrected chi connectivity index (χ3v) is 2.10. The van der Waals surface area contributed by atoms with Gasteiger partial charge in [-0.15, -0.1) is 0 Å². The third kappa shape index (κ3) is 2.57. The lowest BCUT2D eigenvalue weighted by Gasteiger charge is -2.10. The second kappa shape index (κ2) is 5.06. The fourth-order valence-corrected chi connectivity index (χ4v) is 1.32. The van der Waals surface area contributed by atoms with Crippen LogP contribution < -0.4 is 15.8 Å². The maximum atomic E-state index is 5.66. The summed E-state index contributed by atoms with van der Waals surface area (Å²) in [5.41, 5.74) is 6.45. The van der Waals surface area contributed by atoms with E-state index >= 15 is 0 Å². The summed E-state index contributed by atoms with van der Waals surface area (Å²) in [6.45, 7) is 0.487. The highest BCUT2D eigenvalue weighted by Gasteiger charge is 2.08. The van der Waals surface area contributed by atoms with Crippen molar-refractivity contribution >= 4 is 11.6 Å². The van der Waals surface area contributed by atoms with Crippen LogP contribution in [0.15, 0.2) is 24.7 Å². The van der Waals surface area contributed by atoms with E-state index in [0.717, 1.165) is 5.69 Å². The molecule has 17 heavy (non-hydrogen) atoms. The second-order valence-electron chi connectivity index (χ2n) is 3.21. The molecule has 0 atom stereocenters. The maximum Gasteiger partial charge on any atom is 0.203 e. The van der Waals surface area contributed by atoms with Gasteiger partial charge in [-0.25, -0.2) is 9.97 Å². The summed E-state index contributed by atoms with van der Waals surface area (Å²) >= 11 is 0. The molecule has 0 radical (unpaired) electrons. The SMILES string of the molecule is COc1c(N)ncnc1NCc1cccnn1. The van der Waals surface area contributed by atoms with E-state index in [0.29, 0.717) is 23.9 Å². The monoisotopic (exact) mass is 232 g/mol. The van der Waals surface area contributed by atoms with E-state index in [9.17, 15) is 0 Å². The van der Waals surface area contributed by atoms with Crippen LogP contribution in [0.4, 0.5) is 11.6 Å². The van der Waals surface area contributed by atoms with Crippen LogP contribution >= 0.6 is 0 Å². The number of aromatic nitrogens is 4. The number of rotatable bonds is 4. The Morgan fingerprint density at radius 1 is 1.41 bits per heavy atom. The summed E-state index contributed by atoms with van der Waals surface area (Å²) in [6, 6.07) is 3.67. The highest BCUT2D eigenvalue weighted by atomic mass is 16.5. The van der Waals surface area contributed by atoms with E-state index in [-0.39, 0.29) is 0 Å². The highest BCUT2D eigenvalue weighted by molar-refractivity contribution is 5.61. The van der Waals surface area contributed by atoms with Crippen molar-refractivity contribution in [3.63, 3.8) is 0 Å². The van der Waals surface area contributed by atoms with E-state index < -0.39 is 0 Å². The standard InChI is InChI=1S/C10H12N6O/c1-17-8-9(11)13-6-14-10(8)12-5-7-3-2-4-15-16-7/h2-4,6H,5H2,1H3,(H3,11,12,13,14). The molecular formula is C10H12N6O. The van der Waals surface area contributed by atoms with Crippen LogP contribution in [0.1, 0.15) is 5.69 Å². The summed E-state index contributed by atoms with van der Waals surface area (Å²) in [4.78, 5) is 7.89. The molecule has 0 unspecified atom stereocenters. The molecule has 0 aliphatic heterocycles. The highest BCUT2D eigenvalue weighted by Crippen LogP contribution is 2.26. The smallest absolute Gasteiger partial charge is 0.203 e. The normalized spacial score (nSPS) is 9.94. The van der Waals surface area contributed by atoms with Gasteiger partial charge in [0.15, 0.2) is 11.6 Å². The van der Waals surface area contributed by atoms with Crippen LogP contribution in [-0.2, 0) is 6.54 Å². The van der Waals surface area contributed by atoms with Crippen molar-refractivity contribution in [3.05, 3.63) is 30.4 Å². The van der Waals surface area contributed by atoms with Gasteiger partial charge in [-0.05, 0) is 12.1 Å². The van der Waals surface area contributed by atoms with Gasteiger partial charge in [-0.1, -0.05) is 0 Å². The number of hydrogen-bond acceptors (Lipinski definition) is 7. The van der Waals surface area contributed by atoms with E-state index in [4.69, 9.17) is 10.5 Å². The summed E-state index contributed by atoms with van der Waals surface area (Å²) < 4.78 is 5.12. The molecule has 0 aromatic carbocycles. The topological polar surface area (TPSA) is 98.8 Å². The molecule has 0 aliphatic rings. The molecule has 88 valence electrons.